The molecule has 0 atom stereocenters. The van der Waals surface area contributed by atoms with E-state index in [1.807, 2.05) is 6.07 Å². The number of rotatable bonds is 4. The molecule has 2 aromatic heterocycles. The number of ether oxygens (including phenoxy) is 1. The molecule has 140 valence electrons. The minimum atomic E-state index is 0.462. The number of aromatic nitrogens is 4. The molecule has 1 aliphatic carbocycles. The van der Waals surface area contributed by atoms with Crippen LogP contribution in [0.15, 0.2) is 24.3 Å². The maximum atomic E-state index is 6.32. The lowest BCUT2D eigenvalue weighted by Gasteiger charge is -2.27. The molecule has 6 nitrogen and oxygen atoms in total. The van der Waals surface area contributed by atoms with Crippen LogP contribution >= 0.6 is 11.6 Å². The maximum Gasteiger partial charge on any atom is 0.227 e. The normalized spacial score (nSPS) is 17.6. The molecule has 3 aromatic rings. The summed E-state index contributed by atoms with van der Waals surface area (Å²) < 4.78 is 7.76. The third-order valence-corrected chi connectivity index (χ3v) is 5.54. The van der Waals surface area contributed by atoms with E-state index < -0.39 is 0 Å². The summed E-state index contributed by atoms with van der Waals surface area (Å²) in [7, 11) is 0. The second kappa shape index (κ2) is 6.77. The molecular formula is C20H22ClN5O. The Balaban J connectivity index is 1.55. The molecule has 3 heterocycles. The second-order valence-corrected chi connectivity index (χ2v) is 7.78. The molecule has 0 amide bonds. The lowest BCUT2D eigenvalue weighted by Crippen LogP contribution is -2.37. The van der Waals surface area contributed by atoms with Crippen LogP contribution in [0.1, 0.15) is 18.7 Å². The summed E-state index contributed by atoms with van der Waals surface area (Å²) in [6.07, 6.45) is 2.65. The quantitative estimate of drug-likeness (QED) is 0.643. The van der Waals surface area contributed by atoms with E-state index in [0.717, 1.165) is 48.2 Å². The van der Waals surface area contributed by atoms with Crippen molar-refractivity contribution in [3.63, 3.8) is 0 Å². The third kappa shape index (κ3) is 3.39. The van der Waals surface area contributed by atoms with Crippen molar-refractivity contribution in [2.24, 2.45) is 5.92 Å². The highest BCUT2D eigenvalue weighted by Gasteiger charge is 2.23. The van der Waals surface area contributed by atoms with Gasteiger partial charge in [0.2, 0.25) is 5.95 Å². The molecule has 2 aliphatic rings. The molecule has 0 N–H and O–H groups in total. The van der Waals surface area contributed by atoms with E-state index in [1.165, 1.54) is 18.4 Å². The first-order valence-electron chi connectivity index (χ1n) is 9.52. The number of morpholine rings is 1. The molecule has 0 unspecified atom stereocenters. The predicted octanol–water partition coefficient (Wildman–Crippen LogP) is 3.70. The van der Waals surface area contributed by atoms with E-state index in [4.69, 9.17) is 26.3 Å². The van der Waals surface area contributed by atoms with E-state index >= 15 is 0 Å². The number of anilines is 1. The van der Waals surface area contributed by atoms with E-state index in [9.17, 15) is 0 Å². The van der Waals surface area contributed by atoms with Gasteiger partial charge in [0.05, 0.1) is 29.9 Å². The van der Waals surface area contributed by atoms with E-state index in [-0.39, 0.29) is 0 Å². The summed E-state index contributed by atoms with van der Waals surface area (Å²) in [6, 6.07) is 8.16. The summed E-state index contributed by atoms with van der Waals surface area (Å²) in [5.41, 5.74) is 4.08. The van der Waals surface area contributed by atoms with Gasteiger partial charge in [0.15, 0.2) is 0 Å². The first-order valence-corrected chi connectivity index (χ1v) is 9.90. The summed E-state index contributed by atoms with van der Waals surface area (Å²) in [4.78, 5) is 16.1. The smallest absolute Gasteiger partial charge is 0.227 e. The average Bonchev–Trinajstić information content (AvgIpc) is 3.45. The predicted molar refractivity (Wildman–Crippen MR) is 106 cm³/mol. The third-order valence-electron chi connectivity index (χ3n) is 5.35. The molecule has 2 fully saturated rings. The largest absolute Gasteiger partial charge is 0.378 e. The van der Waals surface area contributed by atoms with Gasteiger partial charge >= 0.3 is 0 Å². The highest BCUT2D eigenvalue weighted by molar-refractivity contribution is 6.29. The van der Waals surface area contributed by atoms with Crippen molar-refractivity contribution in [2.45, 2.75) is 26.3 Å². The van der Waals surface area contributed by atoms with Crippen molar-refractivity contribution in [1.82, 2.24) is 19.5 Å². The molecule has 0 radical (unpaired) electrons. The van der Waals surface area contributed by atoms with Crippen molar-refractivity contribution in [2.75, 3.05) is 31.2 Å². The molecule has 1 aliphatic heterocycles. The number of imidazole rings is 1. The zero-order valence-corrected chi connectivity index (χ0v) is 16.1. The van der Waals surface area contributed by atoms with Gasteiger partial charge in [-0.3, -0.25) is 0 Å². The van der Waals surface area contributed by atoms with Gasteiger partial charge in [0.25, 0.3) is 0 Å². The van der Waals surface area contributed by atoms with Gasteiger partial charge in [-0.25, -0.2) is 15.0 Å². The fourth-order valence-corrected chi connectivity index (χ4v) is 3.83. The number of halogens is 1. The van der Waals surface area contributed by atoms with Crippen molar-refractivity contribution in [3.8, 4) is 11.3 Å². The Kier molecular flexibility index (Phi) is 4.25. The summed E-state index contributed by atoms with van der Waals surface area (Å²) >= 11 is 6.32. The standard InChI is InChI=1S/C20H22ClN5O/c1-13-22-16-5-4-15(10-18(16)26(13)12-14-2-3-14)17-11-19(21)24-20(23-17)25-6-8-27-9-7-25/h4-5,10-11,14H,2-3,6-9,12H2,1H3. The van der Waals surface area contributed by atoms with Crippen LogP contribution in [0, 0.1) is 12.8 Å². The van der Waals surface area contributed by atoms with Gasteiger partial charge in [-0.05, 0) is 37.8 Å². The summed E-state index contributed by atoms with van der Waals surface area (Å²) in [6.45, 7) is 6.08. The van der Waals surface area contributed by atoms with Gasteiger partial charge in [-0.2, -0.15) is 0 Å². The Bertz CT molecular complexity index is 991. The first kappa shape index (κ1) is 17.0. The number of fused-ring (bicyclic) bond motifs is 1. The Morgan fingerprint density at radius 3 is 2.70 bits per heavy atom. The Labute approximate surface area is 163 Å². The Morgan fingerprint density at radius 2 is 1.93 bits per heavy atom. The molecule has 1 aromatic carbocycles. The van der Waals surface area contributed by atoms with Crippen molar-refractivity contribution in [3.05, 3.63) is 35.2 Å². The van der Waals surface area contributed by atoms with Crippen LogP contribution in [0.5, 0.6) is 0 Å². The van der Waals surface area contributed by atoms with Gasteiger partial charge in [-0.1, -0.05) is 17.7 Å². The van der Waals surface area contributed by atoms with Crippen molar-refractivity contribution >= 4 is 28.6 Å². The zero-order chi connectivity index (χ0) is 18.4. The van der Waals surface area contributed by atoms with Crippen molar-refractivity contribution in [1.29, 1.82) is 0 Å². The monoisotopic (exact) mass is 383 g/mol. The SMILES string of the molecule is Cc1nc2ccc(-c3cc(Cl)nc(N4CCOCC4)n3)cc2n1CC1CC1. The summed E-state index contributed by atoms with van der Waals surface area (Å²) in [5, 5.41) is 0.462. The molecule has 7 heteroatoms. The average molecular weight is 384 g/mol. The minimum Gasteiger partial charge on any atom is -0.378 e. The molecule has 1 saturated carbocycles. The molecule has 0 spiro atoms. The van der Waals surface area contributed by atoms with Gasteiger partial charge < -0.3 is 14.2 Å². The van der Waals surface area contributed by atoms with Crippen LogP contribution in [0.2, 0.25) is 5.15 Å². The van der Waals surface area contributed by atoms with E-state index in [0.29, 0.717) is 24.3 Å². The fourth-order valence-electron chi connectivity index (χ4n) is 3.65. The number of hydrogen-bond donors (Lipinski definition) is 0. The van der Waals surface area contributed by atoms with Crippen LogP contribution in [0.3, 0.4) is 0 Å². The first-order chi connectivity index (χ1) is 13.2. The van der Waals surface area contributed by atoms with Crippen molar-refractivity contribution < 1.29 is 4.74 Å². The number of hydrogen-bond acceptors (Lipinski definition) is 5. The molecule has 5 rings (SSSR count). The van der Waals surface area contributed by atoms with Gasteiger partial charge in [-0.15, -0.1) is 0 Å². The Morgan fingerprint density at radius 1 is 1.11 bits per heavy atom. The minimum absolute atomic E-state index is 0.462. The Hall–Kier alpha value is -2.18. The second-order valence-electron chi connectivity index (χ2n) is 7.39. The number of benzene rings is 1. The van der Waals surface area contributed by atoms with Crippen LogP contribution in [-0.2, 0) is 11.3 Å². The van der Waals surface area contributed by atoms with Crippen LogP contribution in [-0.4, -0.2) is 45.8 Å². The molecule has 0 bridgehead atoms. The maximum absolute atomic E-state index is 6.32. The molecule has 1 saturated heterocycles. The zero-order valence-electron chi connectivity index (χ0n) is 15.4. The fraction of sp³-hybridized carbons (Fsp3) is 0.450. The van der Waals surface area contributed by atoms with Crippen LogP contribution in [0.4, 0.5) is 5.95 Å². The molecule has 27 heavy (non-hydrogen) atoms. The highest BCUT2D eigenvalue weighted by Crippen LogP contribution is 2.33. The van der Waals surface area contributed by atoms with Gasteiger partial charge in [0, 0.05) is 31.3 Å². The lowest BCUT2D eigenvalue weighted by molar-refractivity contribution is 0.122. The van der Waals surface area contributed by atoms with Gasteiger partial charge in [0.1, 0.15) is 11.0 Å². The van der Waals surface area contributed by atoms with Crippen LogP contribution in [0.25, 0.3) is 22.3 Å². The number of nitrogens with zero attached hydrogens (tertiary/aromatic N) is 5. The van der Waals surface area contributed by atoms with E-state index in [1.54, 1.807) is 0 Å². The summed E-state index contributed by atoms with van der Waals surface area (Å²) in [5.74, 6) is 2.54. The number of aryl methyl sites for hydroxylation is 1. The highest BCUT2D eigenvalue weighted by atomic mass is 35.5. The van der Waals surface area contributed by atoms with E-state index in [2.05, 4.69) is 39.6 Å². The molecular weight excluding hydrogens is 362 g/mol. The van der Waals surface area contributed by atoms with Crippen LogP contribution < -0.4 is 4.90 Å². The topological polar surface area (TPSA) is 56.1 Å². The lowest BCUT2D eigenvalue weighted by atomic mass is 10.1.